The maximum absolute atomic E-state index is 13.1. The third-order valence-corrected chi connectivity index (χ3v) is 2.96. The fraction of sp³-hybridized carbons (Fsp3) is 0.600. The second-order valence-corrected chi connectivity index (χ2v) is 4.77. The van der Waals surface area contributed by atoms with E-state index in [0.29, 0.717) is 19.8 Å². The zero-order chi connectivity index (χ0) is 14.1. The molecule has 2 unspecified atom stereocenters. The molecule has 0 aromatic heterocycles. The number of nitrogens with one attached hydrogen (secondary N) is 1. The molecule has 4 heteroatoms. The highest BCUT2D eigenvalue weighted by Crippen LogP contribution is 2.13. The van der Waals surface area contributed by atoms with Crippen molar-refractivity contribution in [3.8, 4) is 0 Å². The molecule has 0 radical (unpaired) electrons. The van der Waals surface area contributed by atoms with Crippen LogP contribution in [0.3, 0.4) is 0 Å². The van der Waals surface area contributed by atoms with Gasteiger partial charge in [0.15, 0.2) is 0 Å². The minimum absolute atomic E-state index is 0.000918. The first kappa shape index (κ1) is 16.1. The van der Waals surface area contributed by atoms with Crippen molar-refractivity contribution in [1.29, 1.82) is 0 Å². The molecule has 0 saturated carbocycles. The first-order chi connectivity index (χ1) is 9.13. The normalized spacial score (nSPS) is 14.3. The zero-order valence-corrected chi connectivity index (χ0v) is 11.7. The summed E-state index contributed by atoms with van der Waals surface area (Å²) in [5, 5.41) is 12.9. The van der Waals surface area contributed by atoms with Crippen LogP contribution in [0.5, 0.6) is 0 Å². The first-order valence-corrected chi connectivity index (χ1v) is 6.88. The zero-order valence-electron chi connectivity index (χ0n) is 11.7. The molecule has 0 aliphatic rings. The lowest BCUT2D eigenvalue weighted by Gasteiger charge is -2.17. The molecule has 0 aliphatic carbocycles. The van der Waals surface area contributed by atoms with Gasteiger partial charge in [0.1, 0.15) is 5.82 Å². The molecular weight excluding hydrogens is 245 g/mol. The number of aliphatic hydroxyl groups is 1. The average Bonchev–Trinajstić information content (AvgIpc) is 2.41. The molecule has 0 spiro atoms. The largest absolute Gasteiger partial charge is 0.389 e. The summed E-state index contributed by atoms with van der Waals surface area (Å²) in [6.07, 6.45) is 1.57. The van der Waals surface area contributed by atoms with Crippen molar-refractivity contribution in [1.82, 2.24) is 5.32 Å². The van der Waals surface area contributed by atoms with Gasteiger partial charge < -0.3 is 15.2 Å². The van der Waals surface area contributed by atoms with Crippen LogP contribution in [0.2, 0.25) is 0 Å². The molecule has 1 aromatic rings. The van der Waals surface area contributed by atoms with E-state index in [1.807, 2.05) is 13.0 Å². The summed E-state index contributed by atoms with van der Waals surface area (Å²) < 4.78 is 18.4. The molecule has 0 saturated heterocycles. The van der Waals surface area contributed by atoms with Crippen LogP contribution in [0.4, 0.5) is 4.39 Å². The molecular formula is C15H24FNO2. The van der Waals surface area contributed by atoms with Crippen LogP contribution in [0.1, 0.15) is 38.3 Å². The van der Waals surface area contributed by atoms with Crippen molar-refractivity contribution in [3.63, 3.8) is 0 Å². The summed E-state index contributed by atoms with van der Waals surface area (Å²) in [5.41, 5.74) is 0.874. The number of hydrogen-bond acceptors (Lipinski definition) is 3. The maximum Gasteiger partial charge on any atom is 0.123 e. The van der Waals surface area contributed by atoms with Crippen LogP contribution in [0.25, 0.3) is 0 Å². The summed E-state index contributed by atoms with van der Waals surface area (Å²) in [6, 6.07) is 6.48. The van der Waals surface area contributed by atoms with Gasteiger partial charge in [0.25, 0.3) is 0 Å². The molecule has 0 amide bonds. The Kier molecular flexibility index (Phi) is 7.63. The molecule has 2 N–H and O–H groups in total. The third kappa shape index (κ3) is 6.66. The highest BCUT2D eigenvalue weighted by Gasteiger charge is 2.09. The molecule has 19 heavy (non-hydrogen) atoms. The Hall–Kier alpha value is -0.970. The molecule has 1 rings (SSSR count). The Balaban J connectivity index is 2.24. The van der Waals surface area contributed by atoms with Gasteiger partial charge in [0, 0.05) is 19.2 Å². The third-order valence-electron chi connectivity index (χ3n) is 2.96. The first-order valence-electron chi connectivity index (χ1n) is 6.88. The fourth-order valence-electron chi connectivity index (χ4n) is 1.73. The van der Waals surface area contributed by atoms with Crippen molar-refractivity contribution in [2.45, 2.75) is 38.8 Å². The van der Waals surface area contributed by atoms with E-state index < -0.39 is 6.10 Å². The van der Waals surface area contributed by atoms with E-state index in [1.165, 1.54) is 12.1 Å². The Morgan fingerprint density at radius 1 is 1.42 bits per heavy atom. The van der Waals surface area contributed by atoms with Crippen LogP contribution >= 0.6 is 0 Å². The van der Waals surface area contributed by atoms with Crippen molar-refractivity contribution in [2.24, 2.45) is 0 Å². The van der Waals surface area contributed by atoms with Crippen LogP contribution < -0.4 is 5.32 Å². The number of benzene rings is 1. The SMILES string of the molecule is CCCCOCC(O)CNC(C)c1cccc(F)c1. The summed E-state index contributed by atoms with van der Waals surface area (Å²) in [7, 11) is 0. The van der Waals surface area contributed by atoms with Gasteiger partial charge in [0.2, 0.25) is 0 Å². The summed E-state index contributed by atoms with van der Waals surface area (Å²) in [5.74, 6) is -0.241. The quantitative estimate of drug-likeness (QED) is 0.677. The Bertz CT molecular complexity index is 360. The fourth-order valence-corrected chi connectivity index (χ4v) is 1.73. The lowest BCUT2D eigenvalue weighted by molar-refractivity contribution is 0.0348. The van der Waals surface area contributed by atoms with Crippen LogP contribution in [0, 0.1) is 5.82 Å². The average molecular weight is 269 g/mol. The number of rotatable bonds is 9. The van der Waals surface area contributed by atoms with Crippen molar-refractivity contribution in [3.05, 3.63) is 35.6 Å². The van der Waals surface area contributed by atoms with E-state index in [-0.39, 0.29) is 11.9 Å². The van der Waals surface area contributed by atoms with Gasteiger partial charge in [-0.05, 0) is 31.0 Å². The summed E-state index contributed by atoms with van der Waals surface area (Å²) in [6.45, 7) is 5.50. The Morgan fingerprint density at radius 3 is 2.89 bits per heavy atom. The second kappa shape index (κ2) is 9.02. The molecule has 0 heterocycles. The Morgan fingerprint density at radius 2 is 2.21 bits per heavy atom. The summed E-state index contributed by atoms with van der Waals surface area (Å²) in [4.78, 5) is 0. The molecule has 1 aromatic carbocycles. The highest BCUT2D eigenvalue weighted by atomic mass is 19.1. The predicted octanol–water partition coefficient (Wildman–Crippen LogP) is 2.65. The summed E-state index contributed by atoms with van der Waals surface area (Å²) >= 11 is 0. The Labute approximate surface area is 114 Å². The topological polar surface area (TPSA) is 41.5 Å². The number of aliphatic hydroxyl groups excluding tert-OH is 1. The molecule has 108 valence electrons. The predicted molar refractivity (Wildman–Crippen MR) is 74.6 cm³/mol. The van der Waals surface area contributed by atoms with Gasteiger partial charge >= 0.3 is 0 Å². The van der Waals surface area contributed by atoms with E-state index in [4.69, 9.17) is 4.74 Å². The van der Waals surface area contributed by atoms with E-state index in [2.05, 4.69) is 12.2 Å². The molecule has 0 fully saturated rings. The van der Waals surface area contributed by atoms with Gasteiger partial charge in [-0.25, -0.2) is 4.39 Å². The van der Waals surface area contributed by atoms with Crippen molar-refractivity contribution in [2.75, 3.05) is 19.8 Å². The lowest BCUT2D eigenvalue weighted by atomic mass is 10.1. The lowest BCUT2D eigenvalue weighted by Crippen LogP contribution is -2.32. The van der Waals surface area contributed by atoms with E-state index in [0.717, 1.165) is 18.4 Å². The van der Waals surface area contributed by atoms with Gasteiger partial charge in [-0.1, -0.05) is 25.5 Å². The highest BCUT2D eigenvalue weighted by molar-refractivity contribution is 5.19. The number of hydrogen-bond donors (Lipinski definition) is 2. The van der Waals surface area contributed by atoms with E-state index in [1.54, 1.807) is 6.07 Å². The van der Waals surface area contributed by atoms with Crippen molar-refractivity contribution >= 4 is 0 Å². The van der Waals surface area contributed by atoms with E-state index >= 15 is 0 Å². The number of halogens is 1. The molecule has 0 aliphatic heterocycles. The smallest absolute Gasteiger partial charge is 0.123 e. The molecule has 0 bridgehead atoms. The van der Waals surface area contributed by atoms with E-state index in [9.17, 15) is 9.50 Å². The minimum Gasteiger partial charge on any atom is -0.389 e. The standard InChI is InChI=1S/C15H24FNO2/c1-3-4-8-19-11-15(18)10-17-12(2)13-6-5-7-14(16)9-13/h5-7,9,12,15,17-18H,3-4,8,10-11H2,1-2H3. The van der Waals surface area contributed by atoms with Crippen LogP contribution in [-0.2, 0) is 4.74 Å². The van der Waals surface area contributed by atoms with Crippen LogP contribution in [0.15, 0.2) is 24.3 Å². The monoisotopic (exact) mass is 269 g/mol. The minimum atomic E-state index is -0.534. The molecule has 2 atom stereocenters. The van der Waals surface area contributed by atoms with Crippen LogP contribution in [-0.4, -0.2) is 31.0 Å². The van der Waals surface area contributed by atoms with Gasteiger partial charge in [-0.2, -0.15) is 0 Å². The van der Waals surface area contributed by atoms with Gasteiger partial charge in [-0.3, -0.25) is 0 Å². The maximum atomic E-state index is 13.1. The van der Waals surface area contributed by atoms with Gasteiger partial charge in [-0.15, -0.1) is 0 Å². The number of ether oxygens (including phenoxy) is 1. The molecule has 3 nitrogen and oxygen atoms in total. The number of unbranched alkanes of at least 4 members (excludes halogenated alkanes) is 1. The van der Waals surface area contributed by atoms with Crippen molar-refractivity contribution < 1.29 is 14.2 Å². The second-order valence-electron chi connectivity index (χ2n) is 4.77. The van der Waals surface area contributed by atoms with Gasteiger partial charge in [0.05, 0.1) is 12.7 Å².